The van der Waals surface area contributed by atoms with E-state index in [4.69, 9.17) is 10.5 Å². The highest BCUT2D eigenvalue weighted by Crippen LogP contribution is 2.23. The number of rotatable bonds is 4. The van der Waals surface area contributed by atoms with E-state index in [-0.39, 0.29) is 11.9 Å². The van der Waals surface area contributed by atoms with Crippen LogP contribution in [-0.4, -0.2) is 13.2 Å². The number of hydrogen-bond acceptors (Lipinski definition) is 2. The van der Waals surface area contributed by atoms with E-state index in [0.717, 1.165) is 10.0 Å². The first-order valence-electron chi connectivity index (χ1n) is 4.43. The van der Waals surface area contributed by atoms with Crippen LogP contribution in [0.2, 0.25) is 0 Å². The summed E-state index contributed by atoms with van der Waals surface area (Å²) in [5.41, 5.74) is 6.56. The van der Waals surface area contributed by atoms with E-state index < -0.39 is 0 Å². The maximum Gasteiger partial charge on any atom is 0.123 e. The van der Waals surface area contributed by atoms with Crippen molar-refractivity contribution in [1.29, 1.82) is 0 Å². The van der Waals surface area contributed by atoms with Crippen molar-refractivity contribution < 1.29 is 9.13 Å². The van der Waals surface area contributed by atoms with Gasteiger partial charge < -0.3 is 10.5 Å². The van der Waals surface area contributed by atoms with Crippen LogP contribution in [0.3, 0.4) is 0 Å². The number of nitrogens with two attached hydrogens (primary N) is 1. The quantitative estimate of drug-likeness (QED) is 0.905. The Kier molecular flexibility index (Phi) is 4.51. The Hall–Kier alpha value is -0.450. The third-order valence-corrected chi connectivity index (χ3v) is 2.58. The van der Waals surface area contributed by atoms with Crippen LogP contribution in [0.25, 0.3) is 0 Å². The molecule has 0 aliphatic heterocycles. The lowest BCUT2D eigenvalue weighted by molar-refractivity contribution is 0.133. The van der Waals surface area contributed by atoms with Gasteiger partial charge in [0.15, 0.2) is 0 Å². The zero-order valence-corrected chi connectivity index (χ0v) is 9.55. The minimum Gasteiger partial charge on any atom is -0.380 e. The van der Waals surface area contributed by atoms with Gasteiger partial charge in [0.25, 0.3) is 0 Å². The van der Waals surface area contributed by atoms with Crippen molar-refractivity contribution in [3.63, 3.8) is 0 Å². The van der Waals surface area contributed by atoms with Gasteiger partial charge in [-0.15, -0.1) is 0 Å². The smallest absolute Gasteiger partial charge is 0.123 e. The fourth-order valence-corrected chi connectivity index (χ4v) is 1.67. The molecule has 14 heavy (non-hydrogen) atoms. The summed E-state index contributed by atoms with van der Waals surface area (Å²) >= 11 is 3.32. The normalized spacial score (nSPS) is 12.9. The number of ether oxygens (including phenoxy) is 1. The second kappa shape index (κ2) is 5.44. The maximum absolute atomic E-state index is 12.9. The van der Waals surface area contributed by atoms with E-state index in [1.165, 1.54) is 12.1 Å². The third-order valence-electron chi connectivity index (χ3n) is 1.86. The first kappa shape index (κ1) is 11.6. The molecule has 0 spiro atoms. The molecule has 2 nitrogen and oxygen atoms in total. The van der Waals surface area contributed by atoms with E-state index in [1.807, 2.05) is 6.92 Å². The van der Waals surface area contributed by atoms with Gasteiger partial charge in [-0.3, -0.25) is 0 Å². The lowest BCUT2D eigenvalue weighted by atomic mass is 10.1. The van der Waals surface area contributed by atoms with Gasteiger partial charge in [-0.2, -0.15) is 0 Å². The van der Waals surface area contributed by atoms with Gasteiger partial charge in [0, 0.05) is 11.1 Å². The molecule has 0 heterocycles. The van der Waals surface area contributed by atoms with E-state index in [0.29, 0.717) is 13.2 Å². The highest BCUT2D eigenvalue weighted by Gasteiger charge is 2.10. The Morgan fingerprint density at radius 3 is 2.93 bits per heavy atom. The van der Waals surface area contributed by atoms with Crippen LogP contribution in [0.1, 0.15) is 18.5 Å². The first-order valence-corrected chi connectivity index (χ1v) is 5.22. The Balaban J connectivity index is 2.77. The molecular formula is C10H13BrFNO. The molecule has 0 aliphatic carbocycles. The summed E-state index contributed by atoms with van der Waals surface area (Å²) in [4.78, 5) is 0. The van der Waals surface area contributed by atoms with Crippen molar-refractivity contribution in [2.24, 2.45) is 5.73 Å². The molecule has 2 N–H and O–H groups in total. The van der Waals surface area contributed by atoms with Gasteiger partial charge in [0.2, 0.25) is 0 Å². The molecule has 0 fully saturated rings. The Morgan fingerprint density at radius 2 is 2.29 bits per heavy atom. The highest BCUT2D eigenvalue weighted by molar-refractivity contribution is 9.10. The van der Waals surface area contributed by atoms with Crippen molar-refractivity contribution in [2.75, 3.05) is 13.2 Å². The van der Waals surface area contributed by atoms with E-state index in [9.17, 15) is 4.39 Å². The summed E-state index contributed by atoms with van der Waals surface area (Å²) in [6, 6.07) is 4.17. The second-order valence-corrected chi connectivity index (χ2v) is 3.79. The molecule has 1 aromatic carbocycles. The predicted molar refractivity (Wildman–Crippen MR) is 57.5 cm³/mol. The maximum atomic E-state index is 12.9. The van der Waals surface area contributed by atoms with Gasteiger partial charge in [-0.25, -0.2) is 4.39 Å². The molecular weight excluding hydrogens is 249 g/mol. The molecule has 0 saturated heterocycles. The van der Waals surface area contributed by atoms with Crippen LogP contribution < -0.4 is 5.73 Å². The molecule has 1 aromatic rings. The minimum atomic E-state index is -0.292. The SMILES string of the molecule is CCOCC(N)c1cc(F)ccc1Br. The Morgan fingerprint density at radius 1 is 1.57 bits per heavy atom. The molecule has 78 valence electrons. The summed E-state index contributed by atoms with van der Waals surface area (Å²) in [5, 5.41) is 0. The van der Waals surface area contributed by atoms with Crippen molar-refractivity contribution in [3.05, 3.63) is 34.1 Å². The predicted octanol–water partition coefficient (Wildman–Crippen LogP) is 2.62. The van der Waals surface area contributed by atoms with Crippen LogP contribution in [0.4, 0.5) is 4.39 Å². The van der Waals surface area contributed by atoms with Crippen molar-refractivity contribution in [1.82, 2.24) is 0 Å². The molecule has 0 bridgehead atoms. The van der Waals surface area contributed by atoms with E-state index in [2.05, 4.69) is 15.9 Å². The largest absolute Gasteiger partial charge is 0.380 e. The average molecular weight is 262 g/mol. The fraction of sp³-hybridized carbons (Fsp3) is 0.400. The highest BCUT2D eigenvalue weighted by atomic mass is 79.9. The summed E-state index contributed by atoms with van der Waals surface area (Å²) in [6.07, 6.45) is 0. The summed E-state index contributed by atoms with van der Waals surface area (Å²) in [6.45, 7) is 2.91. The molecule has 4 heteroatoms. The zero-order chi connectivity index (χ0) is 10.6. The molecule has 0 radical (unpaired) electrons. The lowest BCUT2D eigenvalue weighted by Crippen LogP contribution is -2.17. The molecule has 0 saturated carbocycles. The van der Waals surface area contributed by atoms with Crippen molar-refractivity contribution in [3.8, 4) is 0 Å². The number of benzene rings is 1. The third kappa shape index (κ3) is 3.04. The Bertz CT molecular complexity index is 306. The molecule has 1 rings (SSSR count). The molecule has 1 unspecified atom stereocenters. The van der Waals surface area contributed by atoms with Gasteiger partial charge in [-0.05, 0) is 30.7 Å². The van der Waals surface area contributed by atoms with Crippen molar-refractivity contribution >= 4 is 15.9 Å². The zero-order valence-electron chi connectivity index (χ0n) is 7.97. The van der Waals surface area contributed by atoms with Gasteiger partial charge in [0.1, 0.15) is 5.82 Å². The van der Waals surface area contributed by atoms with Crippen LogP contribution in [0.5, 0.6) is 0 Å². The average Bonchev–Trinajstić information content (AvgIpc) is 2.18. The topological polar surface area (TPSA) is 35.2 Å². The summed E-state index contributed by atoms with van der Waals surface area (Å²) in [5.74, 6) is -0.282. The Labute approximate surface area is 91.4 Å². The lowest BCUT2D eigenvalue weighted by Gasteiger charge is -2.13. The van der Waals surface area contributed by atoms with Crippen LogP contribution >= 0.6 is 15.9 Å². The summed E-state index contributed by atoms with van der Waals surface area (Å²) in [7, 11) is 0. The van der Waals surface area contributed by atoms with Crippen LogP contribution in [0, 0.1) is 5.82 Å². The van der Waals surface area contributed by atoms with E-state index >= 15 is 0 Å². The van der Waals surface area contributed by atoms with Gasteiger partial charge in [0.05, 0.1) is 12.6 Å². The van der Waals surface area contributed by atoms with Crippen LogP contribution in [0.15, 0.2) is 22.7 Å². The van der Waals surface area contributed by atoms with Crippen molar-refractivity contribution in [2.45, 2.75) is 13.0 Å². The monoisotopic (exact) mass is 261 g/mol. The van der Waals surface area contributed by atoms with Gasteiger partial charge >= 0.3 is 0 Å². The second-order valence-electron chi connectivity index (χ2n) is 2.93. The molecule has 0 aromatic heterocycles. The van der Waals surface area contributed by atoms with Crippen LogP contribution in [-0.2, 0) is 4.74 Å². The first-order chi connectivity index (χ1) is 6.65. The fourth-order valence-electron chi connectivity index (χ4n) is 1.13. The summed E-state index contributed by atoms with van der Waals surface area (Å²) < 4.78 is 18.9. The number of halogens is 2. The molecule has 1 atom stereocenters. The minimum absolute atomic E-state index is 0.282. The standard InChI is InChI=1S/C10H13BrFNO/c1-2-14-6-10(13)8-5-7(12)3-4-9(8)11/h3-5,10H,2,6,13H2,1H3. The number of hydrogen-bond donors (Lipinski definition) is 1. The molecule has 0 aliphatic rings. The van der Waals surface area contributed by atoms with E-state index in [1.54, 1.807) is 6.07 Å². The molecule has 0 amide bonds. The van der Waals surface area contributed by atoms with Gasteiger partial charge in [-0.1, -0.05) is 15.9 Å².